The molecule has 0 saturated carbocycles. The SMILES string of the molecule is Cc1c(N)nnc(-c2cc(F)c(F)cc2F)c1C. The van der Waals surface area contributed by atoms with Gasteiger partial charge in [-0.3, -0.25) is 0 Å². The zero-order chi connectivity index (χ0) is 13.4. The Morgan fingerprint density at radius 2 is 1.50 bits per heavy atom. The number of hydrogen-bond acceptors (Lipinski definition) is 3. The highest BCUT2D eigenvalue weighted by Crippen LogP contribution is 2.28. The lowest BCUT2D eigenvalue weighted by atomic mass is 10.0. The summed E-state index contributed by atoms with van der Waals surface area (Å²) in [6, 6.07) is 1.24. The predicted molar refractivity (Wildman–Crippen MR) is 61.2 cm³/mol. The molecule has 1 heterocycles. The highest BCUT2D eigenvalue weighted by Gasteiger charge is 2.16. The summed E-state index contributed by atoms with van der Waals surface area (Å²) in [5.74, 6) is -3.05. The molecule has 0 bridgehead atoms. The van der Waals surface area contributed by atoms with Crippen LogP contribution >= 0.6 is 0 Å². The summed E-state index contributed by atoms with van der Waals surface area (Å²) in [4.78, 5) is 0. The van der Waals surface area contributed by atoms with E-state index in [9.17, 15) is 13.2 Å². The number of rotatable bonds is 1. The maximum atomic E-state index is 13.6. The molecule has 1 aromatic heterocycles. The lowest BCUT2D eigenvalue weighted by Crippen LogP contribution is -2.03. The molecule has 0 spiro atoms. The molecule has 0 aliphatic rings. The first-order valence-electron chi connectivity index (χ1n) is 5.16. The highest BCUT2D eigenvalue weighted by atomic mass is 19.2. The highest BCUT2D eigenvalue weighted by molar-refractivity contribution is 5.66. The minimum absolute atomic E-state index is 0.137. The van der Waals surface area contributed by atoms with Gasteiger partial charge in [0.15, 0.2) is 11.6 Å². The van der Waals surface area contributed by atoms with Crippen LogP contribution in [0.25, 0.3) is 11.3 Å². The van der Waals surface area contributed by atoms with Crippen LogP contribution < -0.4 is 5.73 Å². The summed E-state index contributed by atoms with van der Waals surface area (Å²) in [5.41, 5.74) is 6.78. The Kier molecular flexibility index (Phi) is 2.94. The monoisotopic (exact) mass is 253 g/mol. The topological polar surface area (TPSA) is 51.8 Å². The summed E-state index contributed by atoms with van der Waals surface area (Å²) < 4.78 is 39.6. The normalized spacial score (nSPS) is 10.7. The van der Waals surface area contributed by atoms with Crippen molar-refractivity contribution in [2.75, 3.05) is 5.73 Å². The molecule has 0 atom stereocenters. The molecular formula is C12H10F3N3. The van der Waals surface area contributed by atoms with Gasteiger partial charge in [-0.15, -0.1) is 10.2 Å². The number of anilines is 1. The van der Waals surface area contributed by atoms with E-state index in [1.807, 2.05) is 0 Å². The van der Waals surface area contributed by atoms with Gasteiger partial charge in [0.05, 0.1) is 5.69 Å². The van der Waals surface area contributed by atoms with Crippen molar-refractivity contribution in [3.05, 3.63) is 40.7 Å². The Bertz CT molecular complexity index is 626. The van der Waals surface area contributed by atoms with Gasteiger partial charge in [0.2, 0.25) is 0 Å². The third-order valence-electron chi connectivity index (χ3n) is 2.82. The van der Waals surface area contributed by atoms with E-state index in [4.69, 9.17) is 5.73 Å². The van der Waals surface area contributed by atoms with Crippen LogP contribution in [-0.2, 0) is 0 Å². The van der Waals surface area contributed by atoms with Crippen molar-refractivity contribution < 1.29 is 13.2 Å². The van der Waals surface area contributed by atoms with Crippen molar-refractivity contribution in [2.24, 2.45) is 0 Å². The van der Waals surface area contributed by atoms with Gasteiger partial charge in [-0.05, 0) is 31.0 Å². The molecule has 3 nitrogen and oxygen atoms in total. The molecule has 94 valence electrons. The predicted octanol–water partition coefficient (Wildman–Crippen LogP) is 2.76. The molecule has 0 radical (unpaired) electrons. The zero-order valence-electron chi connectivity index (χ0n) is 9.76. The Balaban J connectivity index is 2.70. The Morgan fingerprint density at radius 3 is 2.17 bits per heavy atom. The van der Waals surface area contributed by atoms with Crippen molar-refractivity contribution in [3.63, 3.8) is 0 Å². The molecule has 0 amide bonds. The average molecular weight is 253 g/mol. The minimum Gasteiger partial charge on any atom is -0.382 e. The Hall–Kier alpha value is -2.11. The summed E-state index contributed by atoms with van der Waals surface area (Å²) in [5, 5.41) is 7.39. The molecule has 18 heavy (non-hydrogen) atoms. The fraction of sp³-hybridized carbons (Fsp3) is 0.167. The smallest absolute Gasteiger partial charge is 0.161 e. The summed E-state index contributed by atoms with van der Waals surface area (Å²) in [6.45, 7) is 3.36. The van der Waals surface area contributed by atoms with Crippen molar-refractivity contribution in [2.45, 2.75) is 13.8 Å². The van der Waals surface area contributed by atoms with Crippen molar-refractivity contribution in [3.8, 4) is 11.3 Å². The van der Waals surface area contributed by atoms with Crippen molar-refractivity contribution in [1.82, 2.24) is 10.2 Å². The van der Waals surface area contributed by atoms with E-state index >= 15 is 0 Å². The van der Waals surface area contributed by atoms with Gasteiger partial charge in [-0.2, -0.15) is 0 Å². The van der Waals surface area contributed by atoms with Crippen LogP contribution in [0.2, 0.25) is 0 Å². The molecule has 0 unspecified atom stereocenters. The molecule has 2 N–H and O–H groups in total. The molecule has 0 fully saturated rings. The van der Waals surface area contributed by atoms with Crippen LogP contribution in [0.1, 0.15) is 11.1 Å². The van der Waals surface area contributed by atoms with E-state index in [0.29, 0.717) is 17.2 Å². The van der Waals surface area contributed by atoms with E-state index in [0.717, 1.165) is 6.07 Å². The van der Waals surface area contributed by atoms with Gasteiger partial charge in [-0.1, -0.05) is 0 Å². The van der Waals surface area contributed by atoms with Gasteiger partial charge in [-0.25, -0.2) is 13.2 Å². The van der Waals surface area contributed by atoms with Crippen LogP contribution in [-0.4, -0.2) is 10.2 Å². The molecule has 1 aromatic carbocycles. The van der Waals surface area contributed by atoms with Crippen LogP contribution in [0.5, 0.6) is 0 Å². The molecule has 0 aliphatic heterocycles. The Morgan fingerprint density at radius 1 is 0.889 bits per heavy atom. The second kappa shape index (κ2) is 4.29. The summed E-state index contributed by atoms with van der Waals surface area (Å²) >= 11 is 0. The fourth-order valence-corrected chi connectivity index (χ4v) is 1.58. The van der Waals surface area contributed by atoms with Crippen molar-refractivity contribution >= 4 is 5.82 Å². The lowest BCUT2D eigenvalue weighted by Gasteiger charge is -2.09. The number of benzene rings is 1. The maximum absolute atomic E-state index is 13.6. The van der Waals surface area contributed by atoms with Crippen molar-refractivity contribution in [1.29, 1.82) is 0 Å². The van der Waals surface area contributed by atoms with E-state index < -0.39 is 17.5 Å². The molecule has 6 heteroatoms. The molecular weight excluding hydrogens is 243 g/mol. The largest absolute Gasteiger partial charge is 0.382 e. The molecule has 2 rings (SSSR count). The first kappa shape index (κ1) is 12.3. The zero-order valence-corrected chi connectivity index (χ0v) is 9.76. The first-order chi connectivity index (χ1) is 8.41. The maximum Gasteiger partial charge on any atom is 0.161 e. The van der Waals surface area contributed by atoms with Gasteiger partial charge in [0.25, 0.3) is 0 Å². The summed E-state index contributed by atoms with van der Waals surface area (Å²) in [6.07, 6.45) is 0. The third-order valence-corrected chi connectivity index (χ3v) is 2.82. The van der Waals surface area contributed by atoms with Crippen LogP contribution in [0.3, 0.4) is 0 Å². The standard InChI is InChI=1S/C12H10F3N3/c1-5-6(2)12(16)18-17-11(5)7-3-9(14)10(15)4-8(7)13/h3-4H,1-2H3,(H2,16,18). The number of nitrogen functional groups attached to an aromatic ring is 1. The number of nitrogens with zero attached hydrogens (tertiary/aromatic N) is 2. The Labute approximate surface area is 101 Å². The number of nitrogens with two attached hydrogens (primary N) is 1. The van der Waals surface area contributed by atoms with Gasteiger partial charge in [0.1, 0.15) is 11.6 Å². The third kappa shape index (κ3) is 1.90. The molecule has 2 aromatic rings. The fourth-order valence-electron chi connectivity index (χ4n) is 1.58. The van der Waals surface area contributed by atoms with Gasteiger partial charge < -0.3 is 5.73 Å². The second-order valence-corrected chi connectivity index (χ2v) is 3.93. The van der Waals surface area contributed by atoms with E-state index in [-0.39, 0.29) is 17.1 Å². The molecule has 0 saturated heterocycles. The quantitative estimate of drug-likeness (QED) is 0.795. The van der Waals surface area contributed by atoms with E-state index in [1.165, 1.54) is 0 Å². The average Bonchev–Trinajstić information content (AvgIpc) is 2.32. The van der Waals surface area contributed by atoms with Crippen LogP contribution in [0.4, 0.5) is 19.0 Å². The van der Waals surface area contributed by atoms with E-state index in [1.54, 1.807) is 13.8 Å². The molecule has 0 aliphatic carbocycles. The summed E-state index contributed by atoms with van der Waals surface area (Å²) in [7, 11) is 0. The van der Waals surface area contributed by atoms with Gasteiger partial charge in [0, 0.05) is 11.6 Å². The lowest BCUT2D eigenvalue weighted by molar-refractivity contribution is 0.496. The van der Waals surface area contributed by atoms with Crippen LogP contribution in [0.15, 0.2) is 12.1 Å². The second-order valence-electron chi connectivity index (χ2n) is 3.93. The van der Waals surface area contributed by atoms with Crippen LogP contribution in [0, 0.1) is 31.3 Å². The first-order valence-corrected chi connectivity index (χ1v) is 5.16. The number of hydrogen-bond donors (Lipinski definition) is 1. The number of aromatic nitrogens is 2. The van der Waals surface area contributed by atoms with Gasteiger partial charge >= 0.3 is 0 Å². The van der Waals surface area contributed by atoms with E-state index in [2.05, 4.69) is 10.2 Å². The number of halogens is 3. The minimum atomic E-state index is -1.24.